The molecule has 0 aliphatic heterocycles. The van der Waals surface area contributed by atoms with Crippen LogP contribution in [-0.2, 0) is 6.54 Å². The monoisotopic (exact) mass is 203 g/mol. The number of rotatable bonds is 1. The van der Waals surface area contributed by atoms with Crippen LogP contribution in [0.25, 0.3) is 10.9 Å². The maximum Gasteiger partial charge on any atom is 0.189 e. The minimum atomic E-state index is -0.0265. The van der Waals surface area contributed by atoms with Crippen molar-refractivity contribution in [1.29, 1.82) is 0 Å². The molecule has 0 atom stereocenters. The van der Waals surface area contributed by atoms with Crippen LogP contribution in [0.4, 0.5) is 11.4 Å². The van der Waals surface area contributed by atoms with Gasteiger partial charge in [-0.15, -0.1) is 0 Å². The van der Waals surface area contributed by atoms with E-state index in [2.05, 4.69) is 0 Å². The lowest BCUT2D eigenvalue weighted by atomic mass is 10.1. The summed E-state index contributed by atoms with van der Waals surface area (Å²) in [5.41, 5.74) is 13.3. The van der Waals surface area contributed by atoms with Crippen molar-refractivity contribution >= 4 is 22.3 Å². The Bertz CT molecular complexity index is 572. The zero-order valence-corrected chi connectivity index (χ0v) is 8.53. The maximum atomic E-state index is 11.6. The third kappa shape index (κ3) is 1.34. The summed E-state index contributed by atoms with van der Waals surface area (Å²) in [5.74, 6) is 0. The summed E-state index contributed by atoms with van der Waals surface area (Å²) < 4.78 is 1.92. The summed E-state index contributed by atoms with van der Waals surface area (Å²) in [6, 6.07) is 4.93. The van der Waals surface area contributed by atoms with Crippen LogP contribution in [0, 0.1) is 0 Å². The molecule has 78 valence electrons. The molecule has 4 N–H and O–H groups in total. The molecule has 0 unspecified atom stereocenters. The van der Waals surface area contributed by atoms with E-state index in [1.807, 2.05) is 11.5 Å². The minimum absolute atomic E-state index is 0.0265. The summed E-state index contributed by atoms with van der Waals surface area (Å²) in [6.45, 7) is 2.75. The van der Waals surface area contributed by atoms with E-state index in [0.29, 0.717) is 16.8 Å². The van der Waals surface area contributed by atoms with Gasteiger partial charge in [-0.2, -0.15) is 0 Å². The van der Waals surface area contributed by atoms with Gasteiger partial charge in [0.15, 0.2) is 5.43 Å². The fraction of sp³-hybridized carbons (Fsp3) is 0.182. The van der Waals surface area contributed by atoms with E-state index in [1.165, 1.54) is 0 Å². The number of benzene rings is 1. The van der Waals surface area contributed by atoms with Crippen molar-refractivity contribution in [3.05, 3.63) is 34.6 Å². The van der Waals surface area contributed by atoms with Gasteiger partial charge in [-0.05, 0) is 19.1 Å². The van der Waals surface area contributed by atoms with E-state index in [4.69, 9.17) is 11.5 Å². The molecule has 0 radical (unpaired) electrons. The van der Waals surface area contributed by atoms with Gasteiger partial charge < -0.3 is 16.0 Å². The standard InChI is InChI=1S/C11H13N3O/c1-2-14-6-5-9(15)7-3-4-8(12)10(13)11(7)14/h3-6H,2,12-13H2,1H3. The molecule has 4 heteroatoms. The van der Waals surface area contributed by atoms with Crippen molar-refractivity contribution in [2.24, 2.45) is 0 Å². The Kier molecular flexibility index (Phi) is 2.11. The Morgan fingerprint density at radius 1 is 1.27 bits per heavy atom. The number of aromatic nitrogens is 1. The average molecular weight is 203 g/mol. The highest BCUT2D eigenvalue weighted by Gasteiger charge is 2.07. The molecule has 1 aromatic carbocycles. The number of aryl methyl sites for hydroxylation is 1. The molecule has 2 rings (SSSR count). The molecular weight excluding hydrogens is 190 g/mol. The van der Waals surface area contributed by atoms with E-state index < -0.39 is 0 Å². The minimum Gasteiger partial charge on any atom is -0.397 e. The molecule has 0 aliphatic rings. The Labute approximate surface area is 87.1 Å². The van der Waals surface area contributed by atoms with Gasteiger partial charge in [0.1, 0.15) is 0 Å². The second kappa shape index (κ2) is 3.31. The van der Waals surface area contributed by atoms with E-state index in [1.54, 1.807) is 24.4 Å². The number of hydrogen-bond donors (Lipinski definition) is 2. The molecule has 0 spiro atoms. The van der Waals surface area contributed by atoms with Crippen molar-refractivity contribution in [3.63, 3.8) is 0 Å². The molecule has 0 fully saturated rings. The van der Waals surface area contributed by atoms with Crippen LogP contribution in [0.5, 0.6) is 0 Å². The lowest BCUT2D eigenvalue weighted by molar-refractivity contribution is 0.789. The zero-order valence-electron chi connectivity index (χ0n) is 8.53. The number of pyridine rings is 1. The molecule has 0 saturated heterocycles. The molecule has 1 heterocycles. The summed E-state index contributed by atoms with van der Waals surface area (Å²) >= 11 is 0. The first-order valence-corrected chi connectivity index (χ1v) is 4.82. The van der Waals surface area contributed by atoms with Gasteiger partial charge in [0, 0.05) is 24.2 Å². The Balaban J connectivity index is 3.02. The molecule has 0 saturated carbocycles. The molecule has 0 amide bonds. The third-order valence-electron chi connectivity index (χ3n) is 2.55. The highest BCUT2D eigenvalue weighted by molar-refractivity contribution is 5.95. The van der Waals surface area contributed by atoms with Crippen molar-refractivity contribution in [2.45, 2.75) is 13.5 Å². The first-order valence-electron chi connectivity index (χ1n) is 4.82. The smallest absolute Gasteiger partial charge is 0.189 e. The normalized spacial score (nSPS) is 10.7. The van der Waals surface area contributed by atoms with Gasteiger partial charge in [0.05, 0.1) is 16.9 Å². The van der Waals surface area contributed by atoms with Crippen molar-refractivity contribution in [3.8, 4) is 0 Å². The van der Waals surface area contributed by atoms with Gasteiger partial charge in [0.25, 0.3) is 0 Å². The van der Waals surface area contributed by atoms with Gasteiger partial charge in [0.2, 0.25) is 0 Å². The molecule has 0 bridgehead atoms. The van der Waals surface area contributed by atoms with Crippen LogP contribution in [-0.4, -0.2) is 4.57 Å². The van der Waals surface area contributed by atoms with Crippen LogP contribution in [0.2, 0.25) is 0 Å². The Morgan fingerprint density at radius 2 is 2.00 bits per heavy atom. The van der Waals surface area contributed by atoms with Crippen LogP contribution < -0.4 is 16.9 Å². The summed E-state index contributed by atoms with van der Waals surface area (Å²) in [4.78, 5) is 11.6. The number of nitrogens with two attached hydrogens (primary N) is 2. The summed E-state index contributed by atoms with van der Waals surface area (Å²) in [5, 5.41) is 0.617. The van der Waals surface area contributed by atoms with E-state index in [0.717, 1.165) is 12.1 Å². The fourth-order valence-electron chi connectivity index (χ4n) is 1.72. The van der Waals surface area contributed by atoms with Crippen molar-refractivity contribution < 1.29 is 0 Å². The van der Waals surface area contributed by atoms with Gasteiger partial charge in [-0.25, -0.2) is 0 Å². The lowest BCUT2D eigenvalue weighted by Gasteiger charge is -2.11. The molecule has 2 aromatic rings. The quantitative estimate of drug-likeness (QED) is 0.683. The van der Waals surface area contributed by atoms with Crippen LogP contribution in [0.1, 0.15) is 6.92 Å². The summed E-state index contributed by atoms with van der Waals surface area (Å²) in [7, 11) is 0. The highest BCUT2D eigenvalue weighted by atomic mass is 16.1. The molecule has 1 aromatic heterocycles. The molecule has 4 nitrogen and oxygen atoms in total. The number of nitrogens with zero attached hydrogens (tertiary/aromatic N) is 1. The van der Waals surface area contributed by atoms with Gasteiger partial charge in [-0.1, -0.05) is 0 Å². The molecule has 0 aliphatic carbocycles. The van der Waals surface area contributed by atoms with Crippen molar-refractivity contribution in [2.75, 3.05) is 11.5 Å². The van der Waals surface area contributed by atoms with E-state index in [-0.39, 0.29) is 5.43 Å². The largest absolute Gasteiger partial charge is 0.397 e. The molecule has 15 heavy (non-hydrogen) atoms. The Morgan fingerprint density at radius 3 is 2.67 bits per heavy atom. The third-order valence-corrected chi connectivity index (χ3v) is 2.55. The average Bonchev–Trinajstić information content (AvgIpc) is 2.24. The number of anilines is 2. The van der Waals surface area contributed by atoms with Crippen LogP contribution in [0.3, 0.4) is 0 Å². The zero-order chi connectivity index (χ0) is 11.0. The number of hydrogen-bond acceptors (Lipinski definition) is 3. The first kappa shape index (κ1) is 9.58. The first-order chi connectivity index (χ1) is 7.15. The highest BCUT2D eigenvalue weighted by Crippen LogP contribution is 2.24. The van der Waals surface area contributed by atoms with E-state index >= 15 is 0 Å². The van der Waals surface area contributed by atoms with Gasteiger partial charge in [-0.3, -0.25) is 4.79 Å². The topological polar surface area (TPSA) is 74.0 Å². The summed E-state index contributed by atoms with van der Waals surface area (Å²) in [6.07, 6.45) is 1.74. The fourth-order valence-corrected chi connectivity index (χ4v) is 1.72. The second-order valence-corrected chi connectivity index (χ2v) is 3.43. The Hall–Kier alpha value is -1.97. The number of nitrogen functional groups attached to an aromatic ring is 2. The molecular formula is C11H13N3O. The maximum absolute atomic E-state index is 11.6. The number of fused-ring (bicyclic) bond motifs is 1. The van der Waals surface area contributed by atoms with Crippen LogP contribution in [0.15, 0.2) is 29.2 Å². The second-order valence-electron chi connectivity index (χ2n) is 3.43. The predicted octanol–water partition coefficient (Wildman–Crippen LogP) is 1.19. The van der Waals surface area contributed by atoms with Crippen LogP contribution >= 0.6 is 0 Å². The predicted molar refractivity (Wildman–Crippen MR) is 62.7 cm³/mol. The lowest BCUT2D eigenvalue weighted by Crippen LogP contribution is -2.10. The van der Waals surface area contributed by atoms with Crippen molar-refractivity contribution in [1.82, 2.24) is 4.57 Å². The SMILES string of the molecule is CCn1ccc(=O)c2ccc(N)c(N)c21. The van der Waals surface area contributed by atoms with Gasteiger partial charge >= 0.3 is 0 Å². The van der Waals surface area contributed by atoms with E-state index in [9.17, 15) is 4.79 Å².